The van der Waals surface area contributed by atoms with Crippen LogP contribution in [-0.2, 0) is 11.3 Å². The van der Waals surface area contributed by atoms with E-state index in [1.165, 1.54) is 11.8 Å². The zero-order chi connectivity index (χ0) is 17.5. The molecule has 128 valence electrons. The van der Waals surface area contributed by atoms with Crippen LogP contribution in [0.5, 0.6) is 0 Å². The number of aromatic nitrogens is 3. The second-order valence-corrected chi connectivity index (χ2v) is 7.01. The predicted molar refractivity (Wildman–Crippen MR) is 99.3 cm³/mol. The summed E-state index contributed by atoms with van der Waals surface area (Å²) in [6.45, 7) is 8.93. The Morgan fingerprint density at radius 1 is 1.42 bits per heavy atom. The van der Waals surface area contributed by atoms with Crippen molar-refractivity contribution in [3.8, 4) is 11.4 Å². The Bertz CT molecular complexity index is 699. The van der Waals surface area contributed by atoms with E-state index in [0.717, 1.165) is 17.8 Å². The van der Waals surface area contributed by atoms with Gasteiger partial charge in [-0.15, -0.1) is 16.8 Å². The Morgan fingerprint density at radius 2 is 2.12 bits per heavy atom. The third kappa shape index (κ3) is 4.61. The fourth-order valence-electron chi connectivity index (χ4n) is 2.09. The number of thioether (sulfide) groups is 1. The molecule has 0 spiro atoms. The van der Waals surface area contributed by atoms with Gasteiger partial charge in [-0.25, -0.2) is 0 Å². The van der Waals surface area contributed by atoms with Crippen LogP contribution in [0, 0.1) is 0 Å². The number of allylic oxidation sites excluding steroid dienone is 1. The molecule has 1 N–H and O–H groups in total. The molecule has 0 saturated carbocycles. The standard InChI is InChI=1S/C17H21ClN4OS/c1-4-10-19-16(23)12(3)24-17-21-20-15(22(17)11-5-2)13-6-8-14(18)9-7-13/h5-9,12H,2,4,10-11H2,1,3H3,(H,19,23). The summed E-state index contributed by atoms with van der Waals surface area (Å²) in [5.74, 6) is 0.735. The molecule has 0 radical (unpaired) electrons. The number of rotatable bonds is 8. The monoisotopic (exact) mass is 364 g/mol. The van der Waals surface area contributed by atoms with Crippen molar-refractivity contribution < 1.29 is 4.79 Å². The number of carbonyl (C=O) groups is 1. The predicted octanol–water partition coefficient (Wildman–Crippen LogP) is 3.79. The van der Waals surface area contributed by atoms with Crippen molar-refractivity contribution >= 4 is 29.3 Å². The van der Waals surface area contributed by atoms with E-state index in [1.54, 1.807) is 6.08 Å². The molecule has 1 aromatic heterocycles. The highest BCUT2D eigenvalue weighted by atomic mass is 35.5. The summed E-state index contributed by atoms with van der Waals surface area (Å²) in [6, 6.07) is 7.43. The van der Waals surface area contributed by atoms with Crippen LogP contribution in [0.2, 0.25) is 5.02 Å². The Labute approximate surface area is 151 Å². The van der Waals surface area contributed by atoms with E-state index in [-0.39, 0.29) is 11.2 Å². The summed E-state index contributed by atoms with van der Waals surface area (Å²) in [4.78, 5) is 12.1. The minimum absolute atomic E-state index is 0.00282. The smallest absolute Gasteiger partial charge is 0.233 e. The van der Waals surface area contributed by atoms with Crippen LogP contribution >= 0.6 is 23.4 Å². The molecular weight excluding hydrogens is 344 g/mol. The first-order chi connectivity index (χ1) is 11.6. The normalized spacial score (nSPS) is 12.0. The second-order valence-electron chi connectivity index (χ2n) is 5.26. The summed E-state index contributed by atoms with van der Waals surface area (Å²) < 4.78 is 1.95. The topological polar surface area (TPSA) is 59.8 Å². The molecule has 2 aromatic rings. The molecule has 1 amide bonds. The summed E-state index contributed by atoms with van der Waals surface area (Å²) in [7, 11) is 0. The fraction of sp³-hybridized carbons (Fsp3) is 0.353. The van der Waals surface area contributed by atoms with E-state index >= 15 is 0 Å². The molecule has 1 aromatic carbocycles. The van der Waals surface area contributed by atoms with Crippen LogP contribution in [0.1, 0.15) is 20.3 Å². The number of nitrogens with zero attached hydrogens (tertiary/aromatic N) is 3. The zero-order valence-electron chi connectivity index (χ0n) is 13.8. The lowest BCUT2D eigenvalue weighted by atomic mass is 10.2. The van der Waals surface area contributed by atoms with Crippen LogP contribution < -0.4 is 5.32 Å². The molecule has 7 heteroatoms. The van der Waals surface area contributed by atoms with Gasteiger partial charge in [-0.3, -0.25) is 9.36 Å². The molecule has 2 rings (SSSR count). The molecule has 0 bridgehead atoms. The minimum Gasteiger partial charge on any atom is -0.355 e. The number of hydrogen-bond acceptors (Lipinski definition) is 4. The third-order valence-corrected chi connectivity index (χ3v) is 4.66. The highest BCUT2D eigenvalue weighted by Crippen LogP contribution is 2.27. The van der Waals surface area contributed by atoms with E-state index in [4.69, 9.17) is 11.6 Å². The van der Waals surface area contributed by atoms with Gasteiger partial charge in [0.05, 0.1) is 5.25 Å². The number of benzene rings is 1. The molecule has 1 unspecified atom stereocenters. The highest BCUT2D eigenvalue weighted by Gasteiger charge is 2.20. The van der Waals surface area contributed by atoms with Crippen molar-refractivity contribution in [2.75, 3.05) is 6.54 Å². The molecule has 0 aliphatic carbocycles. The van der Waals surface area contributed by atoms with Crippen molar-refractivity contribution in [1.29, 1.82) is 0 Å². The van der Waals surface area contributed by atoms with Crippen LogP contribution in [0.15, 0.2) is 42.1 Å². The average Bonchev–Trinajstić information content (AvgIpc) is 2.96. The molecule has 1 atom stereocenters. The van der Waals surface area contributed by atoms with Crippen LogP contribution in [0.3, 0.4) is 0 Å². The van der Waals surface area contributed by atoms with Crippen LogP contribution in [0.25, 0.3) is 11.4 Å². The quantitative estimate of drug-likeness (QED) is 0.571. The number of amides is 1. The highest BCUT2D eigenvalue weighted by molar-refractivity contribution is 8.00. The maximum Gasteiger partial charge on any atom is 0.233 e. The zero-order valence-corrected chi connectivity index (χ0v) is 15.4. The van der Waals surface area contributed by atoms with Gasteiger partial charge in [-0.05, 0) is 37.6 Å². The van der Waals surface area contributed by atoms with Gasteiger partial charge in [0.25, 0.3) is 0 Å². The first kappa shape index (κ1) is 18.5. The van der Waals surface area contributed by atoms with Gasteiger partial charge in [0.1, 0.15) is 0 Å². The third-order valence-electron chi connectivity index (χ3n) is 3.33. The molecule has 0 aliphatic heterocycles. The lowest BCUT2D eigenvalue weighted by Crippen LogP contribution is -2.31. The van der Waals surface area contributed by atoms with Crippen molar-refractivity contribution in [3.05, 3.63) is 41.9 Å². The van der Waals surface area contributed by atoms with Crippen molar-refractivity contribution in [3.63, 3.8) is 0 Å². The Kier molecular flexibility index (Phi) is 6.87. The Morgan fingerprint density at radius 3 is 2.75 bits per heavy atom. The first-order valence-electron chi connectivity index (χ1n) is 7.81. The summed E-state index contributed by atoms with van der Waals surface area (Å²) in [5, 5.41) is 12.5. The number of halogens is 1. The van der Waals surface area contributed by atoms with Gasteiger partial charge >= 0.3 is 0 Å². The molecule has 24 heavy (non-hydrogen) atoms. The maximum absolute atomic E-state index is 12.1. The minimum atomic E-state index is -0.248. The van der Waals surface area contributed by atoms with Crippen molar-refractivity contribution in [2.24, 2.45) is 0 Å². The summed E-state index contributed by atoms with van der Waals surface area (Å²) >= 11 is 7.33. The molecule has 0 aliphatic rings. The molecular formula is C17H21ClN4OS. The van der Waals surface area contributed by atoms with Crippen molar-refractivity contribution in [2.45, 2.75) is 37.2 Å². The molecule has 0 saturated heterocycles. The fourth-order valence-corrected chi connectivity index (χ4v) is 3.09. The largest absolute Gasteiger partial charge is 0.355 e. The Balaban J connectivity index is 2.23. The van der Waals surface area contributed by atoms with Gasteiger partial charge in [0.15, 0.2) is 11.0 Å². The van der Waals surface area contributed by atoms with E-state index in [9.17, 15) is 4.79 Å². The van der Waals surface area contributed by atoms with Gasteiger partial charge in [-0.2, -0.15) is 0 Å². The van der Waals surface area contributed by atoms with E-state index in [1.807, 2.05) is 42.7 Å². The van der Waals surface area contributed by atoms with E-state index < -0.39 is 0 Å². The maximum atomic E-state index is 12.1. The summed E-state index contributed by atoms with van der Waals surface area (Å²) in [5.41, 5.74) is 0.920. The van der Waals surface area contributed by atoms with Crippen LogP contribution in [-0.4, -0.2) is 32.5 Å². The molecule has 1 heterocycles. The second kappa shape index (κ2) is 8.89. The number of carbonyl (C=O) groups excluding carboxylic acids is 1. The van der Waals surface area contributed by atoms with Gasteiger partial charge < -0.3 is 5.32 Å². The molecule has 0 fully saturated rings. The number of hydrogen-bond donors (Lipinski definition) is 1. The van der Waals surface area contributed by atoms with Gasteiger partial charge in [0.2, 0.25) is 5.91 Å². The Hall–Kier alpha value is -1.79. The van der Waals surface area contributed by atoms with E-state index in [0.29, 0.717) is 23.3 Å². The van der Waals surface area contributed by atoms with Gasteiger partial charge in [0, 0.05) is 23.7 Å². The van der Waals surface area contributed by atoms with E-state index in [2.05, 4.69) is 22.1 Å². The summed E-state index contributed by atoms with van der Waals surface area (Å²) in [6.07, 6.45) is 2.70. The first-order valence-corrected chi connectivity index (χ1v) is 9.07. The lowest BCUT2D eigenvalue weighted by Gasteiger charge is -2.12. The van der Waals surface area contributed by atoms with Crippen molar-refractivity contribution in [1.82, 2.24) is 20.1 Å². The number of nitrogens with one attached hydrogen (secondary N) is 1. The SMILES string of the molecule is C=CCn1c(SC(C)C(=O)NCCC)nnc1-c1ccc(Cl)cc1. The van der Waals surface area contributed by atoms with Gasteiger partial charge in [-0.1, -0.05) is 36.4 Å². The van der Waals surface area contributed by atoms with Crippen LogP contribution in [0.4, 0.5) is 0 Å². The lowest BCUT2D eigenvalue weighted by molar-refractivity contribution is -0.120. The average molecular weight is 365 g/mol. The molecule has 5 nitrogen and oxygen atoms in total.